The molecular weight excluding hydrogens is 276 g/mol. The number of aliphatic hydroxyl groups excluding tert-OH is 1. The van der Waals surface area contributed by atoms with E-state index in [-0.39, 0.29) is 22.9 Å². The van der Waals surface area contributed by atoms with Crippen LogP contribution < -0.4 is 5.32 Å². The summed E-state index contributed by atoms with van der Waals surface area (Å²) >= 11 is 0. The maximum absolute atomic E-state index is 11.2. The third-order valence-corrected chi connectivity index (χ3v) is 3.87. The Kier molecular flexibility index (Phi) is 4.74. The molecule has 1 aliphatic carbocycles. The highest BCUT2D eigenvalue weighted by molar-refractivity contribution is 5.94. The molecule has 0 aliphatic heterocycles. The zero-order valence-electron chi connectivity index (χ0n) is 11.5. The van der Waals surface area contributed by atoms with E-state index in [1.165, 1.54) is 18.2 Å². The number of benzene rings is 1. The third-order valence-electron chi connectivity index (χ3n) is 3.87. The first-order valence-corrected chi connectivity index (χ1v) is 6.92. The van der Waals surface area contributed by atoms with Gasteiger partial charge in [-0.15, -0.1) is 0 Å². The lowest BCUT2D eigenvalue weighted by atomic mass is 9.86. The van der Waals surface area contributed by atoms with Gasteiger partial charge >= 0.3 is 5.97 Å². The Labute approximate surface area is 121 Å². The molecule has 0 spiro atoms. The van der Waals surface area contributed by atoms with Crippen LogP contribution in [0.3, 0.4) is 0 Å². The summed E-state index contributed by atoms with van der Waals surface area (Å²) in [6.07, 6.45) is 3.23. The molecule has 7 heteroatoms. The Balaban J connectivity index is 2.14. The quantitative estimate of drug-likeness (QED) is 0.567. The summed E-state index contributed by atoms with van der Waals surface area (Å²) in [5.41, 5.74) is 0.0482. The van der Waals surface area contributed by atoms with Crippen molar-refractivity contribution in [2.45, 2.75) is 31.8 Å². The predicted octanol–water partition coefficient (Wildman–Crippen LogP) is 2.26. The molecule has 1 aromatic rings. The fraction of sp³-hybridized carbons (Fsp3) is 0.500. The number of carbonyl (C=O) groups is 1. The zero-order chi connectivity index (χ0) is 15.4. The monoisotopic (exact) mass is 294 g/mol. The highest BCUT2D eigenvalue weighted by Crippen LogP contribution is 2.27. The summed E-state index contributed by atoms with van der Waals surface area (Å²) in [5, 5.41) is 32.8. The molecule has 21 heavy (non-hydrogen) atoms. The van der Waals surface area contributed by atoms with Gasteiger partial charge in [0.05, 0.1) is 22.3 Å². The molecule has 2 rings (SSSR count). The Bertz CT molecular complexity index is 546. The van der Waals surface area contributed by atoms with Crippen LogP contribution in [0.15, 0.2) is 18.2 Å². The van der Waals surface area contributed by atoms with Crippen LogP contribution in [-0.4, -0.2) is 33.8 Å². The van der Waals surface area contributed by atoms with Gasteiger partial charge in [-0.2, -0.15) is 0 Å². The average molecular weight is 294 g/mol. The highest BCUT2D eigenvalue weighted by Gasteiger charge is 2.23. The number of aromatic carboxylic acids is 1. The molecule has 1 saturated carbocycles. The fourth-order valence-electron chi connectivity index (χ4n) is 2.65. The SMILES string of the molecule is O=C(O)c1ccc([N+](=O)[O-])cc1NCC1CCCCC1O. The Morgan fingerprint density at radius 3 is 2.71 bits per heavy atom. The van der Waals surface area contributed by atoms with Gasteiger partial charge in [0, 0.05) is 24.6 Å². The van der Waals surface area contributed by atoms with E-state index in [4.69, 9.17) is 5.11 Å². The molecular formula is C14H18N2O5. The molecule has 1 fully saturated rings. The highest BCUT2D eigenvalue weighted by atomic mass is 16.6. The van der Waals surface area contributed by atoms with Crippen molar-refractivity contribution in [3.8, 4) is 0 Å². The van der Waals surface area contributed by atoms with Gasteiger partial charge in [-0.25, -0.2) is 4.79 Å². The minimum atomic E-state index is -1.14. The number of non-ortho nitro benzene ring substituents is 1. The maximum Gasteiger partial charge on any atom is 0.337 e. The molecule has 0 aromatic heterocycles. The van der Waals surface area contributed by atoms with Gasteiger partial charge in [0.2, 0.25) is 0 Å². The number of carboxylic acid groups (broad SMARTS) is 1. The van der Waals surface area contributed by atoms with Crippen LogP contribution >= 0.6 is 0 Å². The number of aliphatic hydroxyl groups is 1. The first-order chi connectivity index (χ1) is 9.99. The van der Waals surface area contributed by atoms with Gasteiger partial charge in [-0.3, -0.25) is 10.1 Å². The maximum atomic E-state index is 11.2. The number of nitrogens with one attached hydrogen (secondary N) is 1. The van der Waals surface area contributed by atoms with E-state index in [1.54, 1.807) is 0 Å². The third kappa shape index (κ3) is 3.69. The summed E-state index contributed by atoms with van der Waals surface area (Å²) in [6.45, 7) is 0.405. The lowest BCUT2D eigenvalue weighted by Gasteiger charge is -2.28. The van der Waals surface area contributed by atoms with Gasteiger partial charge in [-0.1, -0.05) is 12.8 Å². The second kappa shape index (κ2) is 6.53. The van der Waals surface area contributed by atoms with Crippen LogP contribution in [0.4, 0.5) is 11.4 Å². The van der Waals surface area contributed by atoms with Crippen molar-refractivity contribution < 1.29 is 19.9 Å². The number of anilines is 1. The number of hydrogen-bond donors (Lipinski definition) is 3. The topological polar surface area (TPSA) is 113 Å². The summed E-state index contributed by atoms with van der Waals surface area (Å²) in [4.78, 5) is 21.4. The number of hydrogen-bond acceptors (Lipinski definition) is 5. The van der Waals surface area contributed by atoms with E-state index in [0.29, 0.717) is 6.54 Å². The van der Waals surface area contributed by atoms with Crippen LogP contribution in [0.1, 0.15) is 36.0 Å². The van der Waals surface area contributed by atoms with E-state index in [2.05, 4.69) is 5.32 Å². The molecule has 0 amide bonds. The van der Waals surface area contributed by atoms with Crippen molar-refractivity contribution >= 4 is 17.3 Å². The van der Waals surface area contributed by atoms with Gasteiger partial charge in [-0.05, 0) is 18.9 Å². The van der Waals surface area contributed by atoms with Crippen molar-refractivity contribution in [1.82, 2.24) is 0 Å². The van der Waals surface area contributed by atoms with Gasteiger partial charge in [0.15, 0.2) is 0 Å². The molecule has 0 heterocycles. The van der Waals surface area contributed by atoms with E-state index in [0.717, 1.165) is 25.7 Å². The summed E-state index contributed by atoms with van der Waals surface area (Å²) in [7, 11) is 0. The molecule has 0 bridgehead atoms. The van der Waals surface area contributed by atoms with E-state index >= 15 is 0 Å². The lowest BCUT2D eigenvalue weighted by Crippen LogP contribution is -2.30. The number of carboxylic acids is 1. The van der Waals surface area contributed by atoms with Crippen molar-refractivity contribution in [1.29, 1.82) is 0 Å². The van der Waals surface area contributed by atoms with Crippen LogP contribution in [-0.2, 0) is 0 Å². The molecule has 114 valence electrons. The molecule has 2 unspecified atom stereocenters. The number of rotatable bonds is 5. The van der Waals surface area contributed by atoms with Crippen LogP contribution in [0.2, 0.25) is 0 Å². The number of nitro groups is 1. The minimum Gasteiger partial charge on any atom is -0.478 e. The van der Waals surface area contributed by atoms with Crippen LogP contribution in [0, 0.1) is 16.0 Å². The van der Waals surface area contributed by atoms with E-state index in [9.17, 15) is 20.0 Å². The van der Waals surface area contributed by atoms with E-state index in [1.807, 2.05) is 0 Å². The number of nitro benzene ring substituents is 1. The Hall–Kier alpha value is -2.15. The molecule has 3 N–H and O–H groups in total. The lowest BCUT2D eigenvalue weighted by molar-refractivity contribution is -0.384. The van der Waals surface area contributed by atoms with Crippen molar-refractivity contribution in [3.05, 3.63) is 33.9 Å². The minimum absolute atomic E-state index is 0.00843. The first-order valence-electron chi connectivity index (χ1n) is 6.92. The van der Waals surface area contributed by atoms with Gasteiger partial charge < -0.3 is 15.5 Å². The molecule has 1 aromatic carbocycles. The summed E-state index contributed by atoms with van der Waals surface area (Å²) < 4.78 is 0. The average Bonchev–Trinajstić information content (AvgIpc) is 2.46. The van der Waals surface area contributed by atoms with Crippen molar-refractivity contribution in [2.24, 2.45) is 5.92 Å². The largest absolute Gasteiger partial charge is 0.478 e. The summed E-state index contributed by atoms with van der Waals surface area (Å²) in [6, 6.07) is 3.61. The molecule has 7 nitrogen and oxygen atoms in total. The standard InChI is InChI=1S/C14H18N2O5/c17-13-4-2-1-3-9(13)8-15-12-7-10(16(20)21)5-6-11(12)14(18)19/h5-7,9,13,15,17H,1-4,8H2,(H,18,19). The second-order valence-electron chi connectivity index (χ2n) is 5.28. The molecule has 0 saturated heterocycles. The smallest absolute Gasteiger partial charge is 0.337 e. The van der Waals surface area contributed by atoms with Crippen LogP contribution in [0.25, 0.3) is 0 Å². The second-order valence-corrected chi connectivity index (χ2v) is 5.28. The fourth-order valence-corrected chi connectivity index (χ4v) is 2.65. The van der Waals surface area contributed by atoms with Gasteiger partial charge in [0.25, 0.3) is 5.69 Å². The van der Waals surface area contributed by atoms with Crippen molar-refractivity contribution in [2.75, 3.05) is 11.9 Å². The van der Waals surface area contributed by atoms with Crippen LogP contribution in [0.5, 0.6) is 0 Å². The molecule has 1 aliphatic rings. The van der Waals surface area contributed by atoms with Gasteiger partial charge in [0.1, 0.15) is 0 Å². The predicted molar refractivity (Wildman–Crippen MR) is 76.5 cm³/mol. The molecule has 2 atom stereocenters. The normalized spacial score (nSPS) is 21.8. The Morgan fingerprint density at radius 2 is 2.10 bits per heavy atom. The zero-order valence-corrected chi connectivity index (χ0v) is 11.5. The first kappa shape index (κ1) is 15.2. The van der Waals surface area contributed by atoms with Crippen molar-refractivity contribution in [3.63, 3.8) is 0 Å². The Morgan fingerprint density at radius 1 is 1.38 bits per heavy atom. The number of nitrogens with zero attached hydrogens (tertiary/aromatic N) is 1. The molecule has 0 radical (unpaired) electrons. The summed E-state index contributed by atoms with van der Waals surface area (Å²) in [5.74, 6) is -1.10. The van der Waals surface area contributed by atoms with E-state index < -0.39 is 17.0 Å².